The third kappa shape index (κ3) is 3.81. The van der Waals surface area contributed by atoms with Crippen LogP contribution in [-0.2, 0) is 13.0 Å². The number of rotatable bonds is 7. The maximum atomic E-state index is 14.1. The van der Waals surface area contributed by atoms with Gasteiger partial charge in [0.15, 0.2) is 11.4 Å². The van der Waals surface area contributed by atoms with Crippen molar-refractivity contribution >= 4 is 11.8 Å². The van der Waals surface area contributed by atoms with Crippen LogP contribution in [0.4, 0.5) is 8.78 Å². The first kappa shape index (κ1) is 23.5. The first-order valence-electron chi connectivity index (χ1n) is 12.3. The van der Waals surface area contributed by atoms with Gasteiger partial charge in [-0.2, -0.15) is 0 Å². The van der Waals surface area contributed by atoms with E-state index in [9.17, 15) is 23.2 Å². The molecule has 1 fully saturated rings. The summed E-state index contributed by atoms with van der Waals surface area (Å²) in [7, 11) is 0. The van der Waals surface area contributed by atoms with E-state index in [2.05, 4.69) is 5.32 Å². The lowest BCUT2D eigenvalue weighted by molar-refractivity contribution is 0.0538. The molecule has 2 amide bonds. The Morgan fingerprint density at radius 1 is 1.17 bits per heavy atom. The summed E-state index contributed by atoms with van der Waals surface area (Å²) in [5.41, 5.74) is 0.214. The van der Waals surface area contributed by atoms with Crippen LogP contribution in [0.1, 0.15) is 84.1 Å². The van der Waals surface area contributed by atoms with Crippen LogP contribution in [0.2, 0.25) is 0 Å². The highest BCUT2D eigenvalue weighted by Gasteiger charge is 2.50. The number of amides is 2. The van der Waals surface area contributed by atoms with E-state index in [0.29, 0.717) is 18.5 Å². The molecule has 3 atom stereocenters. The molecule has 0 aliphatic carbocycles. The van der Waals surface area contributed by atoms with Gasteiger partial charge in [0.1, 0.15) is 17.2 Å². The number of benzene rings is 1. The van der Waals surface area contributed by atoms with Crippen molar-refractivity contribution in [2.24, 2.45) is 0 Å². The van der Waals surface area contributed by atoms with Gasteiger partial charge >= 0.3 is 0 Å². The molecule has 2 aromatic rings. The number of nitrogens with zero attached hydrogens (tertiary/aromatic N) is 2. The van der Waals surface area contributed by atoms with E-state index >= 15 is 0 Å². The molecule has 1 aromatic heterocycles. The molecule has 1 saturated heterocycles. The number of pyridine rings is 1. The van der Waals surface area contributed by atoms with E-state index in [0.717, 1.165) is 37.8 Å². The smallest absolute Gasteiger partial charge is 0.275 e. The van der Waals surface area contributed by atoms with Crippen molar-refractivity contribution in [2.75, 3.05) is 6.61 Å². The SMILES string of the molecule is CCCCOc1c2n3c(c(C(=O)NCc4ccc(F)cc4F)c1=O)CCC3C1CC[C@H](C)N1C2=O. The Morgan fingerprint density at radius 2 is 1.97 bits per heavy atom. The van der Waals surface area contributed by atoms with Gasteiger partial charge in [-0.05, 0) is 45.1 Å². The number of unbranched alkanes of at least 4 members (excludes halogenated alkanes) is 1. The van der Waals surface area contributed by atoms with Gasteiger partial charge in [-0.15, -0.1) is 0 Å². The van der Waals surface area contributed by atoms with Crippen molar-refractivity contribution in [3.63, 3.8) is 0 Å². The first-order valence-corrected chi connectivity index (χ1v) is 12.3. The normalized spacial score (nSPS) is 22.2. The van der Waals surface area contributed by atoms with Gasteiger partial charge in [0.2, 0.25) is 5.43 Å². The summed E-state index contributed by atoms with van der Waals surface area (Å²) in [5.74, 6) is -2.43. The van der Waals surface area contributed by atoms with Crippen molar-refractivity contribution in [3.05, 3.63) is 62.6 Å². The molecule has 9 heteroatoms. The predicted octanol–water partition coefficient (Wildman–Crippen LogP) is 3.73. The number of carbonyl (C=O) groups excluding carboxylic acids is 2. The van der Waals surface area contributed by atoms with Gasteiger partial charge in [0.05, 0.1) is 18.7 Å². The molecule has 3 aliphatic rings. The molecule has 4 heterocycles. The summed E-state index contributed by atoms with van der Waals surface area (Å²) >= 11 is 0. The van der Waals surface area contributed by atoms with Gasteiger partial charge in [-0.3, -0.25) is 14.4 Å². The lowest BCUT2D eigenvalue weighted by Gasteiger charge is -2.40. The summed E-state index contributed by atoms with van der Waals surface area (Å²) in [6, 6.07) is 3.21. The van der Waals surface area contributed by atoms with Crippen LogP contribution in [0.3, 0.4) is 0 Å². The van der Waals surface area contributed by atoms with E-state index in [1.807, 2.05) is 23.3 Å². The molecule has 35 heavy (non-hydrogen) atoms. The molecule has 0 spiro atoms. The Kier molecular flexibility index (Phi) is 6.11. The maximum Gasteiger partial charge on any atom is 0.275 e. The fourth-order valence-electron chi connectivity index (χ4n) is 5.79. The number of nitrogens with one attached hydrogen (secondary N) is 1. The largest absolute Gasteiger partial charge is 0.487 e. The van der Waals surface area contributed by atoms with Crippen molar-refractivity contribution in [3.8, 4) is 5.75 Å². The van der Waals surface area contributed by atoms with Crippen LogP contribution in [-0.4, -0.2) is 40.0 Å². The van der Waals surface area contributed by atoms with E-state index in [-0.39, 0.29) is 59.8 Å². The summed E-state index contributed by atoms with van der Waals surface area (Å²) in [5, 5.41) is 2.61. The minimum atomic E-state index is -0.776. The Bertz CT molecular complexity index is 1260. The summed E-state index contributed by atoms with van der Waals surface area (Å²) < 4.78 is 35.1. The van der Waals surface area contributed by atoms with E-state index < -0.39 is 23.0 Å². The van der Waals surface area contributed by atoms with Crippen LogP contribution in [0, 0.1) is 11.6 Å². The third-order valence-electron chi connectivity index (χ3n) is 7.50. The van der Waals surface area contributed by atoms with Gasteiger partial charge in [-0.25, -0.2) is 8.78 Å². The Labute approximate surface area is 202 Å². The average molecular weight is 486 g/mol. The zero-order chi connectivity index (χ0) is 24.9. The Hall–Kier alpha value is -3.23. The number of hydrogen-bond donors (Lipinski definition) is 1. The van der Waals surface area contributed by atoms with E-state index in [1.54, 1.807) is 0 Å². The second-order valence-electron chi connectivity index (χ2n) is 9.63. The number of carbonyl (C=O) groups is 2. The fraction of sp³-hybridized carbons (Fsp3) is 0.500. The molecule has 1 aromatic carbocycles. The van der Waals surface area contributed by atoms with Gasteiger partial charge < -0.3 is 19.5 Å². The highest BCUT2D eigenvalue weighted by Crippen LogP contribution is 2.45. The Morgan fingerprint density at radius 3 is 2.71 bits per heavy atom. The zero-order valence-corrected chi connectivity index (χ0v) is 19.9. The number of ether oxygens (including phenoxy) is 1. The summed E-state index contributed by atoms with van der Waals surface area (Å²) in [6.07, 6.45) is 4.52. The monoisotopic (exact) mass is 485 g/mol. The van der Waals surface area contributed by atoms with Crippen LogP contribution in [0.25, 0.3) is 0 Å². The van der Waals surface area contributed by atoms with Crippen LogP contribution < -0.4 is 15.5 Å². The number of fused-ring (bicyclic) bond motifs is 2. The Balaban J connectivity index is 1.57. The zero-order valence-electron chi connectivity index (χ0n) is 19.9. The minimum Gasteiger partial charge on any atom is -0.487 e. The third-order valence-corrected chi connectivity index (χ3v) is 7.50. The van der Waals surface area contributed by atoms with Crippen molar-refractivity contribution in [2.45, 2.75) is 77.0 Å². The van der Waals surface area contributed by atoms with Gasteiger partial charge in [-0.1, -0.05) is 19.4 Å². The molecule has 0 bridgehead atoms. The molecule has 0 saturated carbocycles. The predicted molar refractivity (Wildman–Crippen MR) is 125 cm³/mol. The molecule has 3 aliphatic heterocycles. The quantitative estimate of drug-likeness (QED) is 0.606. The van der Waals surface area contributed by atoms with Crippen LogP contribution in [0.5, 0.6) is 5.75 Å². The standard InChI is InChI=1S/C26H29F2N3O4/c1-3-4-11-35-24-22-26(34)30-14(2)5-8-18(30)19-9-10-20(31(19)22)21(23(24)32)25(33)29-13-15-6-7-16(27)12-17(15)28/h6-7,12,14,18-19H,3-5,8-11,13H2,1-2H3,(H,29,33)/t14-,18?,19?/m0/s1. The highest BCUT2D eigenvalue weighted by molar-refractivity contribution is 6.01. The molecule has 0 radical (unpaired) electrons. The van der Waals surface area contributed by atoms with Crippen molar-refractivity contribution in [1.29, 1.82) is 0 Å². The van der Waals surface area contributed by atoms with Crippen molar-refractivity contribution < 1.29 is 23.1 Å². The number of hydrogen-bond acceptors (Lipinski definition) is 4. The average Bonchev–Trinajstić information content (AvgIpc) is 3.42. The molecule has 5 rings (SSSR count). The molecular weight excluding hydrogens is 456 g/mol. The lowest BCUT2D eigenvalue weighted by Crippen LogP contribution is -2.50. The maximum absolute atomic E-state index is 14.1. The van der Waals surface area contributed by atoms with E-state index in [4.69, 9.17) is 4.74 Å². The number of halogens is 2. The first-order chi connectivity index (χ1) is 16.8. The van der Waals surface area contributed by atoms with Crippen LogP contribution in [0.15, 0.2) is 23.0 Å². The van der Waals surface area contributed by atoms with Crippen molar-refractivity contribution in [1.82, 2.24) is 14.8 Å². The molecule has 7 nitrogen and oxygen atoms in total. The van der Waals surface area contributed by atoms with Gasteiger partial charge in [0, 0.05) is 29.9 Å². The molecule has 186 valence electrons. The second kappa shape index (κ2) is 9.09. The molecular formula is C26H29F2N3O4. The second-order valence-corrected chi connectivity index (χ2v) is 9.63. The van der Waals surface area contributed by atoms with E-state index in [1.165, 1.54) is 6.07 Å². The molecule has 2 unspecified atom stereocenters. The number of aromatic nitrogens is 1. The van der Waals surface area contributed by atoms with Gasteiger partial charge in [0.25, 0.3) is 11.8 Å². The minimum absolute atomic E-state index is 0.0159. The summed E-state index contributed by atoms with van der Waals surface area (Å²) in [6.45, 7) is 4.08. The summed E-state index contributed by atoms with van der Waals surface area (Å²) in [4.78, 5) is 42.4. The fourth-order valence-corrected chi connectivity index (χ4v) is 5.79. The molecule has 1 N–H and O–H groups in total. The topological polar surface area (TPSA) is 80.6 Å². The van der Waals surface area contributed by atoms with Crippen LogP contribution >= 0.6 is 0 Å². The lowest BCUT2D eigenvalue weighted by atomic mass is 10.0. The highest BCUT2D eigenvalue weighted by atomic mass is 19.1.